The summed E-state index contributed by atoms with van der Waals surface area (Å²) >= 11 is 1.64. The third kappa shape index (κ3) is 5.20. The molecule has 1 aliphatic carbocycles. The van der Waals surface area contributed by atoms with Crippen LogP contribution in [-0.2, 0) is 4.79 Å². The van der Waals surface area contributed by atoms with Gasteiger partial charge in [0.05, 0.1) is 5.25 Å². The lowest BCUT2D eigenvalue weighted by molar-refractivity contribution is -0.121. The molecule has 1 amide bonds. The van der Waals surface area contributed by atoms with Gasteiger partial charge in [-0.3, -0.25) is 4.79 Å². The molecular weight excluding hydrogens is 266 g/mol. The summed E-state index contributed by atoms with van der Waals surface area (Å²) in [6.07, 6.45) is 8.81. The first-order valence-electron chi connectivity index (χ1n) is 7.78. The standard InChI is InChI=1S/C17H25NOS/c1-14(20-16-12-8-5-9-13-16)17(19)18-15-10-6-3-2-4-7-11-15/h5,8-9,12-15H,2-4,6-7,10-11H2,1H3,(H,18,19)/t14-/m1/s1. The first-order valence-corrected chi connectivity index (χ1v) is 8.66. The molecule has 1 fully saturated rings. The molecule has 1 aromatic rings. The van der Waals surface area contributed by atoms with Crippen molar-refractivity contribution in [1.29, 1.82) is 0 Å². The molecule has 2 nitrogen and oxygen atoms in total. The Labute approximate surface area is 126 Å². The molecule has 0 unspecified atom stereocenters. The van der Waals surface area contributed by atoms with Crippen LogP contribution in [0.5, 0.6) is 0 Å². The zero-order valence-corrected chi connectivity index (χ0v) is 13.1. The van der Waals surface area contributed by atoms with Gasteiger partial charge >= 0.3 is 0 Å². The van der Waals surface area contributed by atoms with Crippen LogP contribution in [0.3, 0.4) is 0 Å². The van der Waals surface area contributed by atoms with Crippen LogP contribution in [0.15, 0.2) is 35.2 Å². The van der Waals surface area contributed by atoms with Crippen molar-refractivity contribution in [3.63, 3.8) is 0 Å². The summed E-state index contributed by atoms with van der Waals surface area (Å²) in [5, 5.41) is 3.22. The molecule has 110 valence electrons. The van der Waals surface area contributed by atoms with E-state index in [1.54, 1.807) is 11.8 Å². The lowest BCUT2D eigenvalue weighted by Gasteiger charge is -2.22. The van der Waals surface area contributed by atoms with E-state index in [0.29, 0.717) is 6.04 Å². The van der Waals surface area contributed by atoms with Gasteiger partial charge in [-0.1, -0.05) is 50.3 Å². The number of rotatable bonds is 4. The van der Waals surface area contributed by atoms with Crippen molar-refractivity contribution >= 4 is 17.7 Å². The second-order valence-electron chi connectivity index (χ2n) is 5.62. The highest BCUT2D eigenvalue weighted by atomic mass is 32.2. The third-order valence-corrected chi connectivity index (χ3v) is 4.99. The summed E-state index contributed by atoms with van der Waals surface area (Å²) in [5.41, 5.74) is 0. The normalized spacial score (nSPS) is 18.9. The van der Waals surface area contributed by atoms with Crippen LogP contribution in [0.1, 0.15) is 51.9 Å². The Morgan fingerprint density at radius 3 is 2.35 bits per heavy atom. The largest absolute Gasteiger partial charge is 0.352 e. The molecule has 0 heterocycles. The highest BCUT2D eigenvalue weighted by Gasteiger charge is 2.19. The molecular formula is C17H25NOS. The summed E-state index contributed by atoms with van der Waals surface area (Å²) in [6.45, 7) is 2.00. The van der Waals surface area contributed by atoms with Crippen LogP contribution >= 0.6 is 11.8 Å². The molecule has 0 aromatic heterocycles. The van der Waals surface area contributed by atoms with Crippen molar-refractivity contribution in [3.8, 4) is 0 Å². The number of amides is 1. The second-order valence-corrected chi connectivity index (χ2v) is 7.04. The highest BCUT2D eigenvalue weighted by Crippen LogP contribution is 2.23. The molecule has 3 heteroatoms. The van der Waals surface area contributed by atoms with E-state index in [1.807, 2.05) is 25.1 Å². The fourth-order valence-electron chi connectivity index (χ4n) is 2.68. The van der Waals surface area contributed by atoms with Crippen molar-refractivity contribution in [2.45, 2.75) is 68.1 Å². The molecule has 0 radical (unpaired) electrons. The summed E-state index contributed by atoms with van der Waals surface area (Å²) in [6, 6.07) is 10.5. The molecule has 0 spiro atoms. The number of hydrogen-bond acceptors (Lipinski definition) is 2. The maximum atomic E-state index is 12.3. The molecule has 0 aliphatic heterocycles. The van der Waals surface area contributed by atoms with Crippen LogP contribution in [0.25, 0.3) is 0 Å². The smallest absolute Gasteiger partial charge is 0.233 e. The Bertz CT molecular complexity index is 399. The quantitative estimate of drug-likeness (QED) is 0.833. The average Bonchev–Trinajstić information content (AvgIpc) is 2.42. The van der Waals surface area contributed by atoms with Crippen LogP contribution < -0.4 is 5.32 Å². The lowest BCUT2D eigenvalue weighted by Crippen LogP contribution is -2.39. The van der Waals surface area contributed by atoms with E-state index in [-0.39, 0.29) is 11.2 Å². The van der Waals surface area contributed by atoms with Gasteiger partial charge in [0.2, 0.25) is 5.91 Å². The van der Waals surface area contributed by atoms with E-state index in [4.69, 9.17) is 0 Å². The fourth-order valence-corrected chi connectivity index (χ4v) is 3.57. The van der Waals surface area contributed by atoms with Gasteiger partial charge < -0.3 is 5.32 Å². The molecule has 0 saturated heterocycles. The van der Waals surface area contributed by atoms with Crippen molar-refractivity contribution in [2.24, 2.45) is 0 Å². The number of carbonyl (C=O) groups excluding carboxylic acids is 1. The number of nitrogens with one attached hydrogen (secondary N) is 1. The Kier molecular flexibility index (Phi) is 6.44. The first kappa shape index (κ1) is 15.4. The van der Waals surface area contributed by atoms with Crippen molar-refractivity contribution in [1.82, 2.24) is 5.32 Å². The van der Waals surface area contributed by atoms with Crippen LogP contribution in [0.2, 0.25) is 0 Å². The Balaban J connectivity index is 1.80. The summed E-state index contributed by atoms with van der Waals surface area (Å²) < 4.78 is 0. The van der Waals surface area contributed by atoms with E-state index in [0.717, 1.165) is 17.7 Å². The topological polar surface area (TPSA) is 29.1 Å². The predicted octanol–water partition coefficient (Wildman–Crippen LogP) is 4.40. The maximum absolute atomic E-state index is 12.3. The Morgan fingerprint density at radius 2 is 1.70 bits per heavy atom. The second kappa shape index (κ2) is 8.35. The van der Waals surface area contributed by atoms with E-state index in [1.165, 1.54) is 32.1 Å². The van der Waals surface area contributed by atoms with Crippen LogP contribution in [-0.4, -0.2) is 17.2 Å². The predicted molar refractivity (Wildman–Crippen MR) is 86.0 cm³/mol. The monoisotopic (exact) mass is 291 g/mol. The minimum atomic E-state index is -0.0251. The number of carbonyl (C=O) groups is 1. The average molecular weight is 291 g/mol. The van der Waals surface area contributed by atoms with Gasteiger partial charge in [-0.05, 0) is 31.9 Å². The van der Waals surface area contributed by atoms with Gasteiger partial charge in [0.25, 0.3) is 0 Å². The summed E-state index contributed by atoms with van der Waals surface area (Å²) in [4.78, 5) is 13.4. The Hall–Kier alpha value is -0.960. The van der Waals surface area contributed by atoms with Gasteiger partial charge in [-0.15, -0.1) is 11.8 Å². The van der Waals surface area contributed by atoms with E-state index < -0.39 is 0 Å². The lowest BCUT2D eigenvalue weighted by atomic mass is 9.97. The molecule has 2 rings (SSSR count). The highest BCUT2D eigenvalue weighted by molar-refractivity contribution is 8.00. The zero-order chi connectivity index (χ0) is 14.2. The minimum Gasteiger partial charge on any atom is -0.352 e. The third-order valence-electron chi connectivity index (χ3n) is 3.88. The Morgan fingerprint density at radius 1 is 1.10 bits per heavy atom. The minimum absolute atomic E-state index is 0.0251. The molecule has 0 bridgehead atoms. The number of thioether (sulfide) groups is 1. The molecule has 20 heavy (non-hydrogen) atoms. The van der Waals surface area contributed by atoms with Gasteiger partial charge in [0.15, 0.2) is 0 Å². The number of hydrogen-bond donors (Lipinski definition) is 1. The van der Waals surface area contributed by atoms with E-state index in [2.05, 4.69) is 17.4 Å². The molecule has 1 saturated carbocycles. The summed E-state index contributed by atoms with van der Waals surface area (Å²) in [7, 11) is 0. The molecule has 1 aliphatic rings. The maximum Gasteiger partial charge on any atom is 0.233 e. The van der Waals surface area contributed by atoms with Gasteiger partial charge in [0, 0.05) is 10.9 Å². The first-order chi connectivity index (χ1) is 9.75. The SMILES string of the molecule is C[C@@H](Sc1ccccc1)C(=O)NC1CCCCCCC1. The van der Waals surface area contributed by atoms with E-state index in [9.17, 15) is 4.79 Å². The zero-order valence-electron chi connectivity index (χ0n) is 12.3. The van der Waals surface area contributed by atoms with Crippen molar-refractivity contribution < 1.29 is 4.79 Å². The number of benzene rings is 1. The van der Waals surface area contributed by atoms with Crippen molar-refractivity contribution in [3.05, 3.63) is 30.3 Å². The van der Waals surface area contributed by atoms with Crippen LogP contribution in [0.4, 0.5) is 0 Å². The molecule has 1 aromatic carbocycles. The van der Waals surface area contributed by atoms with Gasteiger partial charge in [0.1, 0.15) is 0 Å². The van der Waals surface area contributed by atoms with E-state index >= 15 is 0 Å². The summed E-state index contributed by atoms with van der Waals surface area (Å²) in [5.74, 6) is 0.185. The fraction of sp³-hybridized carbons (Fsp3) is 0.588. The van der Waals surface area contributed by atoms with Crippen molar-refractivity contribution in [2.75, 3.05) is 0 Å². The van der Waals surface area contributed by atoms with Gasteiger partial charge in [-0.25, -0.2) is 0 Å². The van der Waals surface area contributed by atoms with Crippen LogP contribution in [0, 0.1) is 0 Å². The molecule has 1 N–H and O–H groups in total. The molecule has 1 atom stereocenters. The van der Waals surface area contributed by atoms with Gasteiger partial charge in [-0.2, -0.15) is 0 Å².